The van der Waals surface area contributed by atoms with E-state index in [2.05, 4.69) is 177 Å². The molecule has 0 saturated carbocycles. The van der Waals surface area contributed by atoms with Crippen molar-refractivity contribution >= 4 is 9.28 Å². The zero-order valence-electron chi connectivity index (χ0n) is 29.5. The van der Waals surface area contributed by atoms with Gasteiger partial charge in [-0.05, 0) is 0 Å². The Hall–Kier alpha value is -2.83. The Morgan fingerprint density at radius 2 is 1.06 bits per heavy atom. The number of rotatable bonds is 4. The van der Waals surface area contributed by atoms with Crippen LogP contribution in [-0.2, 0) is 32.1 Å². The normalized spacial score (nSPS) is 14.6. The summed E-state index contributed by atoms with van der Waals surface area (Å²) in [5, 5.41) is 0. The van der Waals surface area contributed by atoms with Crippen molar-refractivity contribution in [2.45, 2.75) is 73.5 Å². The average Bonchev–Trinajstić information content (AvgIpc) is 3.58. The molecular formula is C45H46Cl2Zr. The average molecular weight is 749 g/mol. The standard InChI is InChI=1S/C21H25.C13H10.C11H11.2ClH.Zr/c1-20(2,3)16-7-9-18-14(12-16)11-15-13-17(21(4,5)6)8-10-19(15)18;1-3-7-12(8-4-1)11-13-9-5-2-6-10-13;1-8-6-9(2)11-5-3-4-10(11)7-8;;;/h7-13H,1-6H3;1-10H;3-7H,1-2H3;2*1H;/q;;;;;+2/p-2. The molecule has 0 heterocycles. The molecule has 244 valence electrons. The number of halogens is 2. The van der Waals surface area contributed by atoms with Gasteiger partial charge in [0.2, 0.25) is 0 Å². The molecule has 5 aromatic carbocycles. The Labute approximate surface area is 308 Å². The molecular weight excluding hydrogens is 703 g/mol. The maximum Gasteiger partial charge on any atom is -1.00 e. The molecule has 0 N–H and O–H groups in total. The van der Waals surface area contributed by atoms with Crippen molar-refractivity contribution in [2.24, 2.45) is 0 Å². The predicted molar refractivity (Wildman–Crippen MR) is 195 cm³/mol. The van der Waals surface area contributed by atoms with Gasteiger partial charge in [-0.3, -0.25) is 0 Å². The summed E-state index contributed by atoms with van der Waals surface area (Å²) in [6.07, 6.45) is 5.05. The van der Waals surface area contributed by atoms with E-state index < -0.39 is 21.3 Å². The van der Waals surface area contributed by atoms with Gasteiger partial charge in [0.05, 0.1) is 0 Å². The summed E-state index contributed by atoms with van der Waals surface area (Å²) in [6, 6.07) is 42.5. The van der Waals surface area contributed by atoms with Gasteiger partial charge < -0.3 is 24.8 Å². The molecule has 48 heavy (non-hydrogen) atoms. The van der Waals surface area contributed by atoms with Crippen LogP contribution in [-0.4, -0.2) is 3.21 Å². The number of fused-ring (bicyclic) bond motifs is 4. The zero-order valence-corrected chi connectivity index (χ0v) is 33.4. The summed E-state index contributed by atoms with van der Waals surface area (Å²) in [5.41, 5.74) is 17.6. The van der Waals surface area contributed by atoms with E-state index in [0.29, 0.717) is 7.25 Å². The minimum atomic E-state index is -2.88. The van der Waals surface area contributed by atoms with E-state index >= 15 is 0 Å². The van der Waals surface area contributed by atoms with Crippen LogP contribution in [0.5, 0.6) is 0 Å². The van der Waals surface area contributed by atoms with Crippen molar-refractivity contribution in [2.75, 3.05) is 0 Å². The van der Waals surface area contributed by atoms with Gasteiger partial charge in [0.15, 0.2) is 0 Å². The van der Waals surface area contributed by atoms with Gasteiger partial charge in [0, 0.05) is 0 Å². The van der Waals surface area contributed by atoms with Gasteiger partial charge in [-0.1, -0.05) is 0 Å². The van der Waals surface area contributed by atoms with Gasteiger partial charge in [0.1, 0.15) is 0 Å². The van der Waals surface area contributed by atoms with Gasteiger partial charge in [-0.15, -0.1) is 0 Å². The summed E-state index contributed by atoms with van der Waals surface area (Å²) in [6.45, 7) is 18.7. The molecule has 1 unspecified atom stereocenters. The largest absolute Gasteiger partial charge is 1.00 e. The Morgan fingerprint density at radius 3 is 1.52 bits per heavy atom. The van der Waals surface area contributed by atoms with Crippen LogP contribution in [0.2, 0.25) is 0 Å². The molecule has 0 fully saturated rings. The summed E-state index contributed by atoms with van der Waals surface area (Å²) in [4.78, 5) is 0. The molecule has 0 aliphatic heterocycles. The van der Waals surface area contributed by atoms with Crippen molar-refractivity contribution in [1.29, 1.82) is 0 Å². The first kappa shape index (κ1) is 36.5. The second-order valence-electron chi connectivity index (χ2n) is 15.5. The van der Waals surface area contributed by atoms with E-state index in [1.54, 1.807) is 19.9 Å². The van der Waals surface area contributed by atoms with Crippen LogP contribution in [0, 0.1) is 13.8 Å². The number of aryl methyl sites for hydroxylation is 2. The van der Waals surface area contributed by atoms with E-state index in [1.807, 2.05) is 0 Å². The molecule has 5 aromatic rings. The fourth-order valence-corrected chi connectivity index (χ4v) is 18.0. The van der Waals surface area contributed by atoms with Crippen LogP contribution in [0.25, 0.3) is 17.2 Å². The van der Waals surface area contributed by atoms with Gasteiger partial charge in [-0.2, -0.15) is 0 Å². The van der Waals surface area contributed by atoms with Crippen molar-refractivity contribution in [1.82, 2.24) is 0 Å². The van der Waals surface area contributed by atoms with Gasteiger partial charge in [-0.25, -0.2) is 0 Å². The van der Waals surface area contributed by atoms with Crippen LogP contribution in [0.1, 0.15) is 104 Å². The number of benzene rings is 5. The Balaban J connectivity index is 0.00000225. The van der Waals surface area contributed by atoms with Crippen LogP contribution in [0.15, 0.2) is 115 Å². The van der Waals surface area contributed by atoms with E-state index in [9.17, 15) is 0 Å². The molecule has 0 amide bonds. The summed E-state index contributed by atoms with van der Waals surface area (Å²) < 4.78 is 2.43. The first-order valence-electron chi connectivity index (χ1n) is 16.9. The Kier molecular flexibility index (Phi) is 10.5. The van der Waals surface area contributed by atoms with E-state index in [0.717, 1.165) is 0 Å². The monoisotopic (exact) mass is 746 g/mol. The number of allylic oxidation sites excluding steroid dienone is 1. The molecule has 1 atom stereocenters. The Morgan fingerprint density at radius 1 is 0.583 bits per heavy atom. The van der Waals surface area contributed by atoms with Crippen LogP contribution in [0.3, 0.4) is 0 Å². The molecule has 2 aliphatic carbocycles. The molecule has 0 spiro atoms. The predicted octanol–water partition coefficient (Wildman–Crippen LogP) is 5.63. The molecule has 0 nitrogen and oxygen atoms in total. The molecule has 0 aromatic heterocycles. The topological polar surface area (TPSA) is 0 Å². The third kappa shape index (κ3) is 6.56. The fraction of sp³-hybridized carbons (Fsp3) is 0.267. The molecule has 7 rings (SSSR count). The Bertz CT molecular complexity index is 1920. The van der Waals surface area contributed by atoms with Gasteiger partial charge >= 0.3 is 286 Å². The van der Waals surface area contributed by atoms with Crippen LogP contribution < -0.4 is 24.8 Å². The van der Waals surface area contributed by atoms with Crippen LogP contribution in [0.4, 0.5) is 0 Å². The first-order valence-corrected chi connectivity index (χ1v) is 20.9. The van der Waals surface area contributed by atoms with Crippen molar-refractivity contribution in [3.8, 4) is 11.1 Å². The molecule has 0 radical (unpaired) electrons. The second kappa shape index (κ2) is 13.8. The molecule has 3 heteroatoms. The van der Waals surface area contributed by atoms with Crippen molar-refractivity contribution in [3.05, 3.63) is 171 Å². The SMILES string of the molecule is Cc1cc(C)c2c(c1)C=C[CH]2[Zr+2](=[C](c1ccccc1)c1ccccc1)[CH]1c2cc(C(C)(C)C)ccc2-c2ccc(C(C)(C)C)cc21.[Cl-].[Cl-]. The summed E-state index contributed by atoms with van der Waals surface area (Å²) >= 11 is -2.88. The number of hydrogen-bond donors (Lipinski definition) is 0. The second-order valence-corrected chi connectivity index (χ2v) is 21.9. The fourth-order valence-electron chi connectivity index (χ4n) is 7.85. The number of hydrogen-bond acceptors (Lipinski definition) is 0. The third-order valence-electron chi connectivity index (χ3n) is 10.1. The molecule has 0 saturated heterocycles. The van der Waals surface area contributed by atoms with Crippen LogP contribution >= 0.6 is 0 Å². The van der Waals surface area contributed by atoms with E-state index in [1.165, 1.54) is 50.1 Å². The summed E-state index contributed by atoms with van der Waals surface area (Å²) in [5.74, 6) is 0. The maximum absolute atomic E-state index is 2.88. The van der Waals surface area contributed by atoms with E-state index in [-0.39, 0.29) is 35.6 Å². The molecule has 0 bridgehead atoms. The van der Waals surface area contributed by atoms with Crippen molar-refractivity contribution in [3.63, 3.8) is 0 Å². The quantitative estimate of drug-likeness (QED) is 0.224. The summed E-state index contributed by atoms with van der Waals surface area (Å²) in [7, 11) is 0. The maximum atomic E-state index is 2.61. The van der Waals surface area contributed by atoms with Gasteiger partial charge in [0.25, 0.3) is 0 Å². The minimum absolute atomic E-state index is 0. The third-order valence-corrected chi connectivity index (χ3v) is 18.9. The smallest absolute Gasteiger partial charge is 1.00 e. The van der Waals surface area contributed by atoms with E-state index in [4.69, 9.17) is 0 Å². The zero-order chi connectivity index (χ0) is 32.4. The first-order chi connectivity index (χ1) is 21.9. The minimum Gasteiger partial charge on any atom is -1.00 e. The molecule has 2 aliphatic rings. The van der Waals surface area contributed by atoms with Crippen molar-refractivity contribution < 1.29 is 46.1 Å².